The number of aryl methyl sites for hydroxylation is 1. The molecular formula is C10H11N5OS. The molecule has 0 saturated carbocycles. The molecule has 0 fully saturated rings. The number of nitrogen functional groups attached to an aromatic ring is 1. The molecule has 7 heteroatoms. The molecule has 0 radical (unpaired) electrons. The normalized spacial score (nSPS) is 10.0. The quantitative estimate of drug-likeness (QED) is 0.564. The minimum absolute atomic E-state index is 0.269. The Hall–Kier alpha value is -1.99. The van der Waals surface area contributed by atoms with Crippen molar-refractivity contribution in [2.45, 2.75) is 6.92 Å². The summed E-state index contributed by atoms with van der Waals surface area (Å²) in [5.41, 5.74) is 3.50. The molecule has 0 aliphatic rings. The molecule has 0 aliphatic carbocycles. The first-order chi connectivity index (χ1) is 8.20. The molecule has 0 atom stereocenters. The molecule has 6 nitrogen and oxygen atoms in total. The molecule has 4 N–H and O–H groups in total. The number of anilines is 2. The third-order valence-electron chi connectivity index (χ3n) is 2.08. The predicted octanol–water partition coefficient (Wildman–Crippen LogP) is 1.38. The summed E-state index contributed by atoms with van der Waals surface area (Å²) in [6.45, 7) is 1.77. The highest BCUT2D eigenvalue weighted by Crippen LogP contribution is 2.17. The summed E-state index contributed by atoms with van der Waals surface area (Å²) < 4.78 is 3.98. The van der Waals surface area contributed by atoms with Crippen LogP contribution in [0.2, 0.25) is 0 Å². The molecule has 0 unspecified atom stereocenters. The van der Waals surface area contributed by atoms with Gasteiger partial charge in [-0.3, -0.25) is 16.0 Å². The maximum absolute atomic E-state index is 11.9. The van der Waals surface area contributed by atoms with Crippen LogP contribution in [0.4, 0.5) is 10.8 Å². The van der Waals surface area contributed by atoms with Gasteiger partial charge in [0.25, 0.3) is 5.91 Å². The third kappa shape index (κ3) is 2.58. The molecule has 17 heavy (non-hydrogen) atoms. The molecule has 0 bridgehead atoms. The lowest BCUT2D eigenvalue weighted by Gasteiger charge is -2.07. The number of aromatic nitrogens is 2. The second-order valence-electron chi connectivity index (χ2n) is 3.29. The van der Waals surface area contributed by atoms with E-state index < -0.39 is 0 Å². The summed E-state index contributed by atoms with van der Waals surface area (Å²) in [4.78, 5) is 16.0. The van der Waals surface area contributed by atoms with Crippen LogP contribution in [0.1, 0.15) is 16.2 Å². The van der Waals surface area contributed by atoms with Gasteiger partial charge in [-0.15, -0.1) is 0 Å². The highest BCUT2D eigenvalue weighted by atomic mass is 32.1. The summed E-state index contributed by atoms with van der Waals surface area (Å²) >= 11 is 1.14. The number of hydrazine groups is 1. The Bertz CT molecular complexity index is 539. The first-order valence-corrected chi connectivity index (χ1v) is 5.65. The average Bonchev–Trinajstić information content (AvgIpc) is 2.74. The van der Waals surface area contributed by atoms with Gasteiger partial charge in [0, 0.05) is 11.5 Å². The Balaban J connectivity index is 2.20. The van der Waals surface area contributed by atoms with E-state index in [4.69, 9.17) is 5.84 Å². The van der Waals surface area contributed by atoms with Crippen LogP contribution in [-0.4, -0.2) is 15.3 Å². The van der Waals surface area contributed by atoms with Crippen LogP contribution >= 0.6 is 11.5 Å². The number of benzene rings is 1. The van der Waals surface area contributed by atoms with Crippen molar-refractivity contribution in [1.82, 2.24) is 9.36 Å². The Morgan fingerprint density at radius 2 is 2.18 bits per heavy atom. The Morgan fingerprint density at radius 1 is 1.41 bits per heavy atom. The van der Waals surface area contributed by atoms with Crippen molar-refractivity contribution in [3.8, 4) is 0 Å². The van der Waals surface area contributed by atoms with Crippen molar-refractivity contribution >= 4 is 28.3 Å². The van der Waals surface area contributed by atoms with Crippen LogP contribution in [0, 0.1) is 6.92 Å². The Labute approximate surface area is 102 Å². The monoisotopic (exact) mass is 249 g/mol. The van der Waals surface area contributed by atoms with E-state index in [0.717, 1.165) is 11.5 Å². The number of nitrogens with zero attached hydrogens (tertiary/aromatic N) is 2. The van der Waals surface area contributed by atoms with E-state index in [1.54, 1.807) is 31.2 Å². The molecular weight excluding hydrogens is 238 g/mol. The van der Waals surface area contributed by atoms with Gasteiger partial charge in [-0.05, 0) is 19.1 Å². The number of rotatable bonds is 3. The van der Waals surface area contributed by atoms with Crippen LogP contribution in [0.3, 0.4) is 0 Å². The standard InChI is InChI=1S/C10H11N5OS/c1-6-12-10(17-15-6)13-9(16)7-4-2-3-5-8(7)14-11/h2-5,14H,11H2,1H3,(H,12,13,15,16). The van der Waals surface area contributed by atoms with Crippen LogP contribution in [0.15, 0.2) is 24.3 Å². The number of nitrogens with two attached hydrogens (primary N) is 1. The zero-order valence-corrected chi connectivity index (χ0v) is 9.91. The second kappa shape index (κ2) is 4.89. The van der Waals surface area contributed by atoms with E-state index in [1.165, 1.54) is 0 Å². The zero-order chi connectivity index (χ0) is 12.3. The summed E-state index contributed by atoms with van der Waals surface area (Å²) in [6, 6.07) is 6.96. The van der Waals surface area contributed by atoms with Gasteiger partial charge in [0.15, 0.2) is 0 Å². The van der Waals surface area contributed by atoms with E-state index in [1.807, 2.05) is 0 Å². The average molecular weight is 249 g/mol. The lowest BCUT2D eigenvalue weighted by atomic mass is 10.1. The van der Waals surface area contributed by atoms with E-state index in [0.29, 0.717) is 22.2 Å². The minimum Gasteiger partial charge on any atom is -0.323 e. The number of hydrogen-bond donors (Lipinski definition) is 3. The molecule has 1 aromatic heterocycles. The maximum atomic E-state index is 11.9. The Kier molecular flexibility index (Phi) is 3.31. The smallest absolute Gasteiger partial charge is 0.259 e. The molecule has 2 aromatic rings. The summed E-state index contributed by atoms with van der Waals surface area (Å²) in [5, 5.41) is 3.14. The fourth-order valence-corrected chi connectivity index (χ4v) is 1.89. The summed E-state index contributed by atoms with van der Waals surface area (Å²) in [5.74, 6) is 5.70. The maximum Gasteiger partial charge on any atom is 0.259 e. The van der Waals surface area contributed by atoms with Gasteiger partial charge >= 0.3 is 0 Å². The first-order valence-electron chi connectivity index (χ1n) is 4.88. The lowest BCUT2D eigenvalue weighted by Crippen LogP contribution is -2.17. The number of para-hydroxylation sites is 1. The van der Waals surface area contributed by atoms with Crippen molar-refractivity contribution in [3.05, 3.63) is 35.7 Å². The molecule has 1 aromatic carbocycles. The van der Waals surface area contributed by atoms with Crippen LogP contribution in [0.25, 0.3) is 0 Å². The van der Waals surface area contributed by atoms with Crippen LogP contribution in [-0.2, 0) is 0 Å². The predicted molar refractivity (Wildman–Crippen MR) is 66.9 cm³/mol. The number of amides is 1. The Morgan fingerprint density at radius 3 is 2.82 bits per heavy atom. The number of hydrogen-bond acceptors (Lipinski definition) is 6. The van der Waals surface area contributed by atoms with Crippen molar-refractivity contribution in [1.29, 1.82) is 0 Å². The van der Waals surface area contributed by atoms with Crippen molar-refractivity contribution in [3.63, 3.8) is 0 Å². The number of carbonyl (C=O) groups excluding carboxylic acids is 1. The SMILES string of the molecule is Cc1nsc(NC(=O)c2ccccc2NN)n1. The summed E-state index contributed by atoms with van der Waals surface area (Å²) in [6.07, 6.45) is 0. The second-order valence-corrected chi connectivity index (χ2v) is 4.04. The van der Waals surface area contributed by atoms with E-state index in [2.05, 4.69) is 20.1 Å². The van der Waals surface area contributed by atoms with Gasteiger partial charge in [0.1, 0.15) is 5.82 Å². The van der Waals surface area contributed by atoms with E-state index in [-0.39, 0.29) is 5.91 Å². The van der Waals surface area contributed by atoms with E-state index >= 15 is 0 Å². The minimum atomic E-state index is -0.269. The van der Waals surface area contributed by atoms with Gasteiger partial charge < -0.3 is 5.43 Å². The van der Waals surface area contributed by atoms with Crippen molar-refractivity contribution in [2.75, 3.05) is 10.7 Å². The number of nitrogens with one attached hydrogen (secondary N) is 2. The van der Waals surface area contributed by atoms with Crippen molar-refractivity contribution < 1.29 is 4.79 Å². The lowest BCUT2D eigenvalue weighted by molar-refractivity contribution is 0.102. The topological polar surface area (TPSA) is 92.9 Å². The van der Waals surface area contributed by atoms with Crippen LogP contribution in [0.5, 0.6) is 0 Å². The van der Waals surface area contributed by atoms with Gasteiger partial charge in [-0.2, -0.15) is 4.37 Å². The van der Waals surface area contributed by atoms with Gasteiger partial charge in [-0.25, -0.2) is 4.98 Å². The fourth-order valence-electron chi connectivity index (χ4n) is 1.32. The molecule has 0 aliphatic heterocycles. The molecule has 88 valence electrons. The summed E-state index contributed by atoms with van der Waals surface area (Å²) in [7, 11) is 0. The first kappa shape index (κ1) is 11.5. The van der Waals surface area contributed by atoms with Gasteiger partial charge in [0.2, 0.25) is 5.13 Å². The van der Waals surface area contributed by atoms with Crippen LogP contribution < -0.4 is 16.6 Å². The molecule has 1 heterocycles. The molecule has 0 spiro atoms. The highest BCUT2D eigenvalue weighted by molar-refractivity contribution is 7.09. The fraction of sp³-hybridized carbons (Fsp3) is 0.100. The van der Waals surface area contributed by atoms with Gasteiger partial charge in [-0.1, -0.05) is 12.1 Å². The van der Waals surface area contributed by atoms with E-state index in [9.17, 15) is 4.79 Å². The molecule has 2 rings (SSSR count). The molecule has 0 saturated heterocycles. The molecule has 1 amide bonds. The largest absolute Gasteiger partial charge is 0.323 e. The zero-order valence-electron chi connectivity index (χ0n) is 9.10. The van der Waals surface area contributed by atoms with Gasteiger partial charge in [0.05, 0.1) is 11.3 Å². The highest BCUT2D eigenvalue weighted by Gasteiger charge is 2.12. The number of carbonyl (C=O) groups is 1. The van der Waals surface area contributed by atoms with Crippen molar-refractivity contribution in [2.24, 2.45) is 5.84 Å². The third-order valence-corrected chi connectivity index (χ3v) is 2.80.